The number of nitrogens with zero attached hydrogens (tertiary/aromatic N) is 1. The number of aldehydes is 1. The van der Waals surface area contributed by atoms with E-state index in [9.17, 15) is 14.7 Å². The van der Waals surface area contributed by atoms with Gasteiger partial charge in [-0.1, -0.05) is 49.4 Å². The molecule has 31 heavy (non-hydrogen) atoms. The summed E-state index contributed by atoms with van der Waals surface area (Å²) in [5, 5.41) is 18.0. The highest BCUT2D eigenvalue weighted by molar-refractivity contribution is 7.09. The van der Waals surface area contributed by atoms with E-state index >= 15 is 0 Å². The number of thiazole rings is 1. The van der Waals surface area contributed by atoms with Crippen LogP contribution in [0.15, 0.2) is 60.0 Å². The van der Waals surface area contributed by atoms with Crippen LogP contribution in [0.1, 0.15) is 40.8 Å². The van der Waals surface area contributed by atoms with Gasteiger partial charge in [-0.15, -0.1) is 11.3 Å². The molecule has 0 fully saturated rings. The summed E-state index contributed by atoms with van der Waals surface area (Å²) in [5.74, 6) is 0. The lowest BCUT2D eigenvalue weighted by molar-refractivity contribution is -0.110. The summed E-state index contributed by atoms with van der Waals surface area (Å²) in [5.41, 5.74) is 9.37. The highest BCUT2D eigenvalue weighted by Gasteiger charge is 2.29. The van der Waals surface area contributed by atoms with Crippen LogP contribution in [0.3, 0.4) is 0 Å². The fourth-order valence-electron chi connectivity index (χ4n) is 3.37. The molecule has 2 aromatic carbocycles. The number of amides is 1. The van der Waals surface area contributed by atoms with Crippen LogP contribution in [0, 0.1) is 0 Å². The third-order valence-electron chi connectivity index (χ3n) is 4.98. The SMILES string of the molecule is CCc1csc([C@H](Cc2ccc(N)cc2)N[C@H](c2ccccc2)C(C=O)NC(=O)O)n1. The highest BCUT2D eigenvalue weighted by atomic mass is 32.1. The Balaban J connectivity index is 1.96. The highest BCUT2D eigenvalue weighted by Crippen LogP contribution is 2.28. The van der Waals surface area contributed by atoms with Gasteiger partial charge in [-0.3, -0.25) is 5.32 Å². The molecule has 1 heterocycles. The van der Waals surface area contributed by atoms with Crippen molar-refractivity contribution in [3.8, 4) is 0 Å². The van der Waals surface area contributed by atoms with Crippen molar-refractivity contribution >= 4 is 29.4 Å². The fourth-order valence-corrected chi connectivity index (χ4v) is 4.34. The summed E-state index contributed by atoms with van der Waals surface area (Å²) in [7, 11) is 0. The van der Waals surface area contributed by atoms with Gasteiger partial charge in [0.1, 0.15) is 17.3 Å². The van der Waals surface area contributed by atoms with E-state index in [0.717, 1.165) is 28.2 Å². The lowest BCUT2D eigenvalue weighted by Crippen LogP contribution is -2.46. The van der Waals surface area contributed by atoms with Gasteiger partial charge < -0.3 is 21.0 Å². The summed E-state index contributed by atoms with van der Waals surface area (Å²) in [6.07, 6.45) is 0.805. The maximum Gasteiger partial charge on any atom is 0.405 e. The number of hydrogen-bond donors (Lipinski definition) is 4. The zero-order chi connectivity index (χ0) is 22.2. The molecule has 0 saturated carbocycles. The Morgan fingerprint density at radius 1 is 1.19 bits per heavy atom. The maximum atomic E-state index is 11.8. The first-order valence-electron chi connectivity index (χ1n) is 10.0. The molecule has 162 valence electrons. The van der Waals surface area contributed by atoms with Crippen molar-refractivity contribution < 1.29 is 14.7 Å². The van der Waals surface area contributed by atoms with E-state index in [1.807, 2.05) is 66.9 Å². The number of carbonyl (C=O) groups excluding carboxylic acids is 1. The molecule has 0 radical (unpaired) electrons. The van der Waals surface area contributed by atoms with Crippen molar-refractivity contribution in [3.63, 3.8) is 0 Å². The van der Waals surface area contributed by atoms with Crippen LogP contribution >= 0.6 is 11.3 Å². The minimum atomic E-state index is -1.25. The maximum absolute atomic E-state index is 11.8. The summed E-state index contributed by atoms with van der Waals surface area (Å²) < 4.78 is 0. The van der Waals surface area contributed by atoms with E-state index in [-0.39, 0.29) is 6.04 Å². The van der Waals surface area contributed by atoms with Gasteiger partial charge >= 0.3 is 6.09 Å². The molecule has 0 aliphatic carbocycles. The monoisotopic (exact) mass is 438 g/mol. The first-order chi connectivity index (χ1) is 15.0. The number of anilines is 1. The molecule has 3 rings (SSSR count). The molecule has 0 aliphatic rings. The van der Waals surface area contributed by atoms with Crippen LogP contribution in [0.2, 0.25) is 0 Å². The normalized spacial score (nSPS) is 13.8. The van der Waals surface area contributed by atoms with Gasteiger partial charge in [-0.2, -0.15) is 0 Å². The fraction of sp³-hybridized carbons (Fsp3) is 0.261. The molecule has 5 N–H and O–H groups in total. The predicted molar refractivity (Wildman–Crippen MR) is 122 cm³/mol. The zero-order valence-corrected chi connectivity index (χ0v) is 18.0. The molecule has 1 aromatic heterocycles. The molecule has 8 heteroatoms. The van der Waals surface area contributed by atoms with E-state index < -0.39 is 18.2 Å². The van der Waals surface area contributed by atoms with Gasteiger partial charge in [0.15, 0.2) is 0 Å². The van der Waals surface area contributed by atoms with Crippen LogP contribution in [0.4, 0.5) is 10.5 Å². The van der Waals surface area contributed by atoms with Crippen LogP contribution in [-0.4, -0.2) is 28.5 Å². The Morgan fingerprint density at radius 2 is 1.90 bits per heavy atom. The third kappa shape index (κ3) is 6.13. The summed E-state index contributed by atoms with van der Waals surface area (Å²) >= 11 is 1.55. The number of carbonyl (C=O) groups is 2. The summed E-state index contributed by atoms with van der Waals surface area (Å²) in [6.45, 7) is 2.05. The molecule has 3 atom stereocenters. The van der Waals surface area contributed by atoms with Crippen molar-refractivity contribution in [2.24, 2.45) is 0 Å². The lowest BCUT2D eigenvalue weighted by Gasteiger charge is -2.29. The second kappa shape index (κ2) is 10.7. The summed E-state index contributed by atoms with van der Waals surface area (Å²) in [4.78, 5) is 27.9. The van der Waals surface area contributed by atoms with Crippen molar-refractivity contribution in [1.82, 2.24) is 15.6 Å². The molecule has 0 spiro atoms. The van der Waals surface area contributed by atoms with Crippen LogP contribution < -0.4 is 16.4 Å². The van der Waals surface area contributed by atoms with Gasteiger partial charge in [-0.25, -0.2) is 9.78 Å². The van der Waals surface area contributed by atoms with Crippen LogP contribution in [0.5, 0.6) is 0 Å². The zero-order valence-electron chi connectivity index (χ0n) is 17.2. The molecular formula is C23H26N4O3S. The molecule has 1 amide bonds. The van der Waals surface area contributed by atoms with Gasteiger partial charge in [-0.05, 0) is 36.1 Å². The Bertz CT molecular complexity index is 992. The quantitative estimate of drug-likeness (QED) is 0.283. The number of rotatable bonds is 10. The predicted octanol–water partition coefficient (Wildman–Crippen LogP) is 3.74. The van der Waals surface area contributed by atoms with E-state index in [4.69, 9.17) is 10.7 Å². The second-order valence-corrected chi connectivity index (χ2v) is 8.08. The number of nitrogens with two attached hydrogens (primary N) is 1. The van der Waals surface area contributed by atoms with E-state index in [1.54, 1.807) is 11.3 Å². The van der Waals surface area contributed by atoms with Gasteiger partial charge in [0.2, 0.25) is 0 Å². The average molecular weight is 439 g/mol. The van der Waals surface area contributed by atoms with Crippen LogP contribution in [0.25, 0.3) is 0 Å². The number of aromatic nitrogens is 1. The molecule has 0 saturated heterocycles. The Kier molecular flexibility index (Phi) is 7.75. The molecule has 0 bridgehead atoms. The van der Waals surface area contributed by atoms with Gasteiger partial charge in [0, 0.05) is 11.1 Å². The first-order valence-corrected chi connectivity index (χ1v) is 10.9. The Labute approximate surface area is 185 Å². The van der Waals surface area contributed by atoms with E-state index in [0.29, 0.717) is 18.4 Å². The average Bonchev–Trinajstić information content (AvgIpc) is 3.26. The van der Waals surface area contributed by atoms with Crippen molar-refractivity contribution in [1.29, 1.82) is 0 Å². The number of benzene rings is 2. The first kappa shape index (κ1) is 22.5. The number of nitrogens with one attached hydrogen (secondary N) is 2. The topological polar surface area (TPSA) is 117 Å². The second-order valence-electron chi connectivity index (χ2n) is 7.20. The van der Waals surface area contributed by atoms with E-state index in [2.05, 4.69) is 10.6 Å². The standard InChI is InChI=1S/C23H26N4O3S/c1-2-18-14-31-22(25-18)19(12-15-8-10-17(24)11-9-15)26-21(16-6-4-3-5-7-16)20(13-28)27-23(29)30/h3-11,13-14,19-21,26-27H,2,12,24H2,1H3,(H,29,30)/t19-,20?,21+/m0/s1. The third-order valence-corrected chi connectivity index (χ3v) is 5.99. The molecule has 1 unspecified atom stereocenters. The molecule has 0 aliphatic heterocycles. The molecule has 7 nitrogen and oxygen atoms in total. The Morgan fingerprint density at radius 3 is 2.48 bits per heavy atom. The van der Waals surface area contributed by atoms with Crippen molar-refractivity contribution in [2.45, 2.75) is 37.9 Å². The summed E-state index contributed by atoms with van der Waals surface area (Å²) in [6, 6.07) is 15.2. The number of nitrogen functional groups attached to an aromatic ring is 1. The minimum Gasteiger partial charge on any atom is -0.465 e. The van der Waals surface area contributed by atoms with E-state index in [1.165, 1.54) is 0 Å². The molecule has 3 aromatic rings. The smallest absolute Gasteiger partial charge is 0.405 e. The van der Waals surface area contributed by atoms with Crippen molar-refractivity contribution in [3.05, 3.63) is 81.8 Å². The van der Waals surface area contributed by atoms with Gasteiger partial charge in [0.05, 0.1) is 17.8 Å². The lowest BCUT2D eigenvalue weighted by atomic mass is 9.97. The number of carboxylic acid groups (broad SMARTS) is 1. The van der Waals surface area contributed by atoms with Crippen LogP contribution in [-0.2, 0) is 17.6 Å². The van der Waals surface area contributed by atoms with Gasteiger partial charge in [0.25, 0.3) is 0 Å². The minimum absolute atomic E-state index is 0.225. The Hall–Kier alpha value is -3.23. The number of aryl methyl sites for hydroxylation is 1. The van der Waals surface area contributed by atoms with Crippen molar-refractivity contribution in [2.75, 3.05) is 5.73 Å². The largest absolute Gasteiger partial charge is 0.465 e. The molecular weight excluding hydrogens is 412 g/mol. The number of hydrogen-bond acceptors (Lipinski definition) is 6.